The minimum atomic E-state index is -0.249. The van der Waals surface area contributed by atoms with Crippen LogP contribution in [-0.4, -0.2) is 29.1 Å². The number of nitrogen functional groups attached to an aromatic ring is 1. The summed E-state index contributed by atoms with van der Waals surface area (Å²) < 4.78 is 0.830. The molecule has 7 heteroatoms. The number of aromatic nitrogens is 1. The average Bonchev–Trinajstić information content (AvgIpc) is 3.22. The number of carbonyl (C=O) groups is 1. The van der Waals surface area contributed by atoms with E-state index >= 15 is 0 Å². The first-order chi connectivity index (χ1) is 15.2. The highest BCUT2D eigenvalue weighted by Crippen LogP contribution is 2.36. The first-order valence-electron chi connectivity index (χ1n) is 9.95. The number of carbonyl (C=O) groups excluding carboxylic acids is 1. The van der Waals surface area contributed by atoms with Crippen LogP contribution in [-0.2, 0) is 12.2 Å². The van der Waals surface area contributed by atoms with E-state index < -0.39 is 0 Å². The minimum absolute atomic E-state index is 0.104. The third kappa shape index (κ3) is 5.07. The number of pyridine rings is 1. The molecular weight excluding hydrogens is 426 g/mol. The Kier molecular flexibility index (Phi) is 6.86. The van der Waals surface area contributed by atoms with Crippen molar-refractivity contribution in [1.29, 1.82) is 0 Å². The molecule has 5 nitrogen and oxygen atoms in total. The number of nitrogens with two attached hydrogens (primary N) is 1. The molecule has 0 aliphatic carbocycles. The number of nitrogens with zero attached hydrogens (tertiary/aromatic N) is 1. The van der Waals surface area contributed by atoms with Gasteiger partial charge < -0.3 is 16.2 Å². The van der Waals surface area contributed by atoms with Crippen molar-refractivity contribution >= 4 is 44.9 Å². The van der Waals surface area contributed by atoms with Crippen LogP contribution in [0.5, 0.6) is 0 Å². The lowest BCUT2D eigenvalue weighted by atomic mass is 10.1. The van der Waals surface area contributed by atoms with Gasteiger partial charge in [-0.05, 0) is 40.6 Å². The van der Waals surface area contributed by atoms with E-state index in [0.29, 0.717) is 11.4 Å². The van der Waals surface area contributed by atoms with Gasteiger partial charge in [0.2, 0.25) is 0 Å². The number of rotatable bonds is 8. The van der Waals surface area contributed by atoms with Crippen molar-refractivity contribution in [2.24, 2.45) is 0 Å². The molecule has 0 bridgehead atoms. The summed E-state index contributed by atoms with van der Waals surface area (Å²) in [5, 5.41) is 14.5. The van der Waals surface area contributed by atoms with E-state index in [1.54, 1.807) is 11.8 Å². The Morgan fingerprint density at radius 2 is 1.94 bits per heavy atom. The van der Waals surface area contributed by atoms with Gasteiger partial charge in [0, 0.05) is 28.8 Å². The van der Waals surface area contributed by atoms with Crippen LogP contribution < -0.4 is 11.1 Å². The molecule has 0 unspecified atom stereocenters. The van der Waals surface area contributed by atoms with Crippen molar-refractivity contribution in [2.45, 2.75) is 17.1 Å². The highest BCUT2D eigenvalue weighted by Gasteiger charge is 2.17. The van der Waals surface area contributed by atoms with Gasteiger partial charge >= 0.3 is 0 Å². The molecular formula is C24H23N3O2S2. The summed E-state index contributed by atoms with van der Waals surface area (Å²) in [6, 6.07) is 19.0. The predicted octanol–water partition coefficient (Wildman–Crippen LogP) is 4.48. The summed E-state index contributed by atoms with van der Waals surface area (Å²) in [6.07, 6.45) is 2.41. The van der Waals surface area contributed by atoms with E-state index in [1.165, 1.54) is 33.6 Å². The summed E-state index contributed by atoms with van der Waals surface area (Å²) in [7, 11) is 0. The fourth-order valence-electron chi connectivity index (χ4n) is 3.40. The van der Waals surface area contributed by atoms with Crippen LogP contribution >= 0.6 is 23.1 Å². The summed E-state index contributed by atoms with van der Waals surface area (Å²) in [6.45, 7) is 0.102. The van der Waals surface area contributed by atoms with Gasteiger partial charge in [-0.1, -0.05) is 42.5 Å². The number of fused-ring (bicyclic) bond motifs is 1. The summed E-state index contributed by atoms with van der Waals surface area (Å²) in [5.41, 5.74) is 10.3. The number of hydrogen-bond donors (Lipinski definition) is 3. The number of benzene rings is 2. The third-order valence-corrected chi connectivity index (χ3v) is 6.99. The third-order valence-electron chi connectivity index (χ3n) is 4.89. The SMILES string of the molecule is Nc1ncc(C(=O)NCCO)c2scc(CSc3cccc(Cc4ccccc4)c3)c12. The molecule has 4 rings (SSSR count). The molecule has 2 aromatic heterocycles. The predicted molar refractivity (Wildman–Crippen MR) is 129 cm³/mol. The standard InChI is InChI=1S/C24H23N3O2S2/c25-23-21-18(15-31-22(21)20(13-27-23)24(29)26-9-10-28)14-30-19-8-4-7-17(12-19)11-16-5-2-1-3-6-16/h1-8,12-13,15,28H,9-11,14H2,(H2,25,27)(H,26,29). The van der Waals surface area contributed by atoms with Crippen LogP contribution in [0.4, 0.5) is 5.82 Å². The number of aliphatic hydroxyl groups excluding tert-OH is 1. The largest absolute Gasteiger partial charge is 0.395 e. The lowest BCUT2D eigenvalue weighted by molar-refractivity contribution is 0.0946. The maximum absolute atomic E-state index is 12.4. The topological polar surface area (TPSA) is 88.2 Å². The number of thiophene rings is 1. The van der Waals surface area contributed by atoms with E-state index in [-0.39, 0.29) is 19.1 Å². The van der Waals surface area contributed by atoms with E-state index in [1.807, 2.05) is 11.4 Å². The zero-order valence-corrected chi connectivity index (χ0v) is 18.5. The second-order valence-corrected chi connectivity index (χ2v) is 9.03. The van der Waals surface area contributed by atoms with Crippen molar-refractivity contribution in [3.8, 4) is 0 Å². The van der Waals surface area contributed by atoms with Crippen molar-refractivity contribution in [2.75, 3.05) is 18.9 Å². The molecule has 4 N–H and O–H groups in total. The normalized spacial score (nSPS) is 11.0. The maximum atomic E-state index is 12.4. The summed E-state index contributed by atoms with van der Waals surface area (Å²) >= 11 is 3.24. The number of hydrogen-bond acceptors (Lipinski definition) is 6. The van der Waals surface area contributed by atoms with Crippen LogP contribution in [0, 0.1) is 0 Å². The van der Waals surface area contributed by atoms with E-state index in [4.69, 9.17) is 10.8 Å². The molecule has 0 aliphatic rings. The number of thioether (sulfide) groups is 1. The second-order valence-electron chi connectivity index (χ2n) is 7.10. The monoisotopic (exact) mass is 449 g/mol. The van der Waals surface area contributed by atoms with Gasteiger partial charge in [0.15, 0.2) is 0 Å². The molecule has 2 heterocycles. The second kappa shape index (κ2) is 9.96. The molecule has 2 aromatic carbocycles. The molecule has 0 atom stereocenters. The molecule has 0 aliphatic heterocycles. The van der Waals surface area contributed by atoms with Crippen LogP contribution in [0.1, 0.15) is 27.0 Å². The van der Waals surface area contributed by atoms with Gasteiger partial charge in [-0.3, -0.25) is 4.79 Å². The smallest absolute Gasteiger partial charge is 0.254 e. The van der Waals surface area contributed by atoms with E-state index in [9.17, 15) is 4.79 Å². The molecule has 0 saturated heterocycles. The fourth-order valence-corrected chi connectivity index (χ4v) is 5.55. The van der Waals surface area contributed by atoms with Crippen molar-refractivity contribution in [3.05, 3.63) is 88.4 Å². The quantitative estimate of drug-likeness (QED) is 0.345. The highest BCUT2D eigenvalue weighted by atomic mass is 32.2. The van der Waals surface area contributed by atoms with Gasteiger partial charge in [0.1, 0.15) is 5.82 Å². The Morgan fingerprint density at radius 1 is 1.13 bits per heavy atom. The molecule has 0 saturated carbocycles. The van der Waals surface area contributed by atoms with Gasteiger partial charge in [-0.2, -0.15) is 0 Å². The van der Waals surface area contributed by atoms with Gasteiger partial charge in [-0.25, -0.2) is 4.98 Å². The Morgan fingerprint density at radius 3 is 2.74 bits per heavy atom. The van der Waals surface area contributed by atoms with Gasteiger partial charge in [0.05, 0.1) is 16.9 Å². The summed E-state index contributed by atoms with van der Waals surface area (Å²) in [4.78, 5) is 17.8. The molecule has 0 spiro atoms. The average molecular weight is 450 g/mol. The van der Waals surface area contributed by atoms with Crippen LogP contribution in [0.2, 0.25) is 0 Å². The molecule has 0 fully saturated rings. The molecule has 31 heavy (non-hydrogen) atoms. The fraction of sp³-hybridized carbons (Fsp3) is 0.167. The lowest BCUT2D eigenvalue weighted by Gasteiger charge is -2.08. The first-order valence-corrected chi connectivity index (χ1v) is 11.8. The van der Waals surface area contributed by atoms with Gasteiger partial charge in [0.25, 0.3) is 5.91 Å². The molecule has 0 radical (unpaired) electrons. The Bertz CT molecular complexity index is 1190. The highest BCUT2D eigenvalue weighted by molar-refractivity contribution is 7.98. The number of anilines is 1. The first kappa shape index (κ1) is 21.4. The molecule has 1 amide bonds. The van der Waals surface area contributed by atoms with Crippen molar-refractivity contribution in [3.63, 3.8) is 0 Å². The van der Waals surface area contributed by atoms with Crippen molar-refractivity contribution in [1.82, 2.24) is 10.3 Å². The van der Waals surface area contributed by atoms with E-state index in [0.717, 1.165) is 27.8 Å². The lowest BCUT2D eigenvalue weighted by Crippen LogP contribution is -2.26. The van der Waals surface area contributed by atoms with Crippen molar-refractivity contribution < 1.29 is 9.90 Å². The zero-order chi connectivity index (χ0) is 21.6. The molecule has 158 valence electrons. The summed E-state index contributed by atoms with van der Waals surface area (Å²) in [5.74, 6) is 0.923. The number of nitrogens with one attached hydrogen (secondary N) is 1. The van der Waals surface area contributed by atoms with Crippen LogP contribution in [0.25, 0.3) is 10.1 Å². The Hall–Kier alpha value is -2.87. The maximum Gasteiger partial charge on any atom is 0.254 e. The van der Waals surface area contributed by atoms with Crippen LogP contribution in [0.15, 0.2) is 71.1 Å². The molecule has 4 aromatic rings. The minimum Gasteiger partial charge on any atom is -0.395 e. The zero-order valence-electron chi connectivity index (χ0n) is 16.9. The number of amides is 1. The Balaban J connectivity index is 1.52. The Labute approximate surface area is 189 Å². The number of aliphatic hydroxyl groups is 1. The van der Waals surface area contributed by atoms with Crippen LogP contribution in [0.3, 0.4) is 0 Å². The van der Waals surface area contributed by atoms with E-state index in [2.05, 4.69) is 58.8 Å². The van der Waals surface area contributed by atoms with Gasteiger partial charge in [-0.15, -0.1) is 23.1 Å².